The van der Waals surface area contributed by atoms with Crippen LogP contribution in [0.3, 0.4) is 0 Å². The van der Waals surface area contributed by atoms with Crippen molar-refractivity contribution in [3.05, 3.63) is 48.0 Å². The van der Waals surface area contributed by atoms with Crippen molar-refractivity contribution in [2.75, 3.05) is 31.1 Å². The van der Waals surface area contributed by atoms with E-state index in [2.05, 4.69) is 14.9 Å². The van der Waals surface area contributed by atoms with Gasteiger partial charge < -0.3 is 14.5 Å². The average Bonchev–Trinajstić information content (AvgIpc) is 2.77. The van der Waals surface area contributed by atoms with E-state index in [1.165, 1.54) is 12.1 Å². The summed E-state index contributed by atoms with van der Waals surface area (Å²) in [4.78, 5) is 30.1. The van der Waals surface area contributed by atoms with Crippen molar-refractivity contribution < 1.29 is 13.9 Å². The highest BCUT2D eigenvalue weighted by molar-refractivity contribution is 6.16. The maximum Gasteiger partial charge on any atom is 0.410 e. The van der Waals surface area contributed by atoms with Crippen molar-refractivity contribution in [3.63, 3.8) is 0 Å². The number of carbonyl (C=O) groups is 1. The van der Waals surface area contributed by atoms with Crippen LogP contribution in [0.25, 0.3) is 22.3 Å². The minimum Gasteiger partial charge on any atom is -0.444 e. The number of piperazine rings is 1. The number of halogens is 2. The Morgan fingerprint density at radius 1 is 1.03 bits per heavy atom. The van der Waals surface area contributed by atoms with Crippen LogP contribution in [0.5, 0.6) is 0 Å². The van der Waals surface area contributed by atoms with Crippen LogP contribution in [0.4, 0.5) is 15.0 Å². The van der Waals surface area contributed by atoms with Crippen LogP contribution in [0.1, 0.15) is 26.6 Å². The van der Waals surface area contributed by atoms with Crippen LogP contribution >= 0.6 is 11.6 Å². The number of fused-ring (bicyclic) bond motifs is 1. The molecule has 7 nitrogen and oxygen atoms in total. The monoisotopic (exact) mass is 457 g/mol. The number of hydrogen-bond donors (Lipinski definition) is 0. The van der Waals surface area contributed by atoms with E-state index in [-0.39, 0.29) is 17.8 Å². The summed E-state index contributed by atoms with van der Waals surface area (Å²) in [6.45, 7) is 7.73. The third kappa shape index (κ3) is 4.91. The molecule has 0 N–H and O–H groups in total. The minimum absolute atomic E-state index is 0.181. The second-order valence-corrected chi connectivity index (χ2v) is 8.89. The SMILES string of the molecule is CC(C)(C)OC(=O)N1CCN(c2nc(CCl)nc3ccc(-c4ccc(F)cc4)nc23)CC1. The molecule has 168 valence electrons. The van der Waals surface area contributed by atoms with Gasteiger partial charge in [0.25, 0.3) is 0 Å². The molecule has 1 aromatic carbocycles. The molecule has 0 bridgehead atoms. The van der Waals surface area contributed by atoms with Gasteiger partial charge in [0.1, 0.15) is 22.8 Å². The van der Waals surface area contributed by atoms with E-state index >= 15 is 0 Å². The second-order valence-electron chi connectivity index (χ2n) is 8.62. The summed E-state index contributed by atoms with van der Waals surface area (Å²) in [5.41, 5.74) is 2.30. The van der Waals surface area contributed by atoms with Gasteiger partial charge in [-0.25, -0.2) is 24.1 Å². The Hall–Kier alpha value is -3.00. The van der Waals surface area contributed by atoms with Crippen LogP contribution in [0.2, 0.25) is 0 Å². The molecule has 0 unspecified atom stereocenters. The first-order valence-electron chi connectivity index (χ1n) is 10.5. The lowest BCUT2D eigenvalue weighted by atomic mass is 10.1. The number of ether oxygens (including phenoxy) is 1. The van der Waals surface area contributed by atoms with Gasteiger partial charge in [0, 0.05) is 31.7 Å². The standard InChI is InChI=1S/C23H25ClFN5O2/c1-23(2,3)32-22(31)30-12-10-29(11-13-30)21-20-18(26-19(14-24)28-21)9-8-17(27-20)15-4-6-16(25)7-5-15/h4-9H,10-14H2,1-3H3. The Morgan fingerprint density at radius 2 is 1.72 bits per heavy atom. The van der Waals surface area contributed by atoms with E-state index < -0.39 is 5.60 Å². The third-order valence-corrected chi connectivity index (χ3v) is 5.30. The van der Waals surface area contributed by atoms with Gasteiger partial charge in [0.05, 0.1) is 17.1 Å². The fourth-order valence-corrected chi connectivity index (χ4v) is 3.65. The molecule has 0 spiro atoms. The van der Waals surface area contributed by atoms with Gasteiger partial charge in [0.2, 0.25) is 0 Å². The Balaban J connectivity index is 1.63. The highest BCUT2D eigenvalue weighted by atomic mass is 35.5. The minimum atomic E-state index is -0.535. The third-order valence-electron chi connectivity index (χ3n) is 5.06. The van der Waals surface area contributed by atoms with Crippen molar-refractivity contribution in [2.24, 2.45) is 0 Å². The number of carbonyl (C=O) groups excluding carboxylic acids is 1. The number of nitrogens with zero attached hydrogens (tertiary/aromatic N) is 5. The molecule has 0 atom stereocenters. The van der Waals surface area contributed by atoms with Crippen LogP contribution in [0, 0.1) is 5.82 Å². The lowest BCUT2D eigenvalue weighted by molar-refractivity contribution is 0.0240. The first-order valence-corrected chi connectivity index (χ1v) is 11.0. The second kappa shape index (κ2) is 8.86. The van der Waals surface area contributed by atoms with Gasteiger partial charge in [-0.3, -0.25) is 0 Å². The van der Waals surface area contributed by atoms with Crippen molar-refractivity contribution in [3.8, 4) is 11.3 Å². The molecule has 0 aliphatic carbocycles. The van der Waals surface area contributed by atoms with E-state index in [1.54, 1.807) is 17.0 Å². The average molecular weight is 458 g/mol. The fourth-order valence-electron chi connectivity index (χ4n) is 3.53. The quantitative estimate of drug-likeness (QED) is 0.534. The summed E-state index contributed by atoms with van der Waals surface area (Å²) in [6.07, 6.45) is -0.317. The number of alkyl halides is 1. The number of benzene rings is 1. The molecular formula is C23H25ClFN5O2. The van der Waals surface area contributed by atoms with Gasteiger partial charge in [0.15, 0.2) is 5.82 Å². The van der Waals surface area contributed by atoms with E-state index in [4.69, 9.17) is 21.3 Å². The smallest absolute Gasteiger partial charge is 0.410 e. The normalized spacial score (nSPS) is 14.7. The zero-order valence-corrected chi connectivity index (χ0v) is 19.1. The highest BCUT2D eigenvalue weighted by Crippen LogP contribution is 2.28. The largest absolute Gasteiger partial charge is 0.444 e. The molecule has 0 saturated carbocycles. The Morgan fingerprint density at radius 3 is 2.34 bits per heavy atom. The summed E-state index contributed by atoms with van der Waals surface area (Å²) in [7, 11) is 0. The molecular weight excluding hydrogens is 433 g/mol. The van der Waals surface area contributed by atoms with Crippen LogP contribution < -0.4 is 4.90 Å². The molecule has 1 amide bonds. The summed E-state index contributed by atoms with van der Waals surface area (Å²) >= 11 is 6.04. The van der Waals surface area contributed by atoms with Crippen molar-refractivity contribution >= 4 is 34.5 Å². The predicted molar refractivity (Wildman–Crippen MR) is 122 cm³/mol. The van der Waals surface area contributed by atoms with E-state index in [0.717, 1.165) is 5.56 Å². The van der Waals surface area contributed by atoms with Crippen molar-refractivity contribution in [1.29, 1.82) is 0 Å². The Kier molecular flexibility index (Phi) is 6.15. The maximum absolute atomic E-state index is 13.3. The topological polar surface area (TPSA) is 71.5 Å². The molecule has 3 aromatic rings. The number of pyridine rings is 1. The summed E-state index contributed by atoms with van der Waals surface area (Å²) in [5, 5.41) is 0. The molecule has 9 heteroatoms. The van der Waals surface area contributed by atoms with Crippen molar-refractivity contribution in [2.45, 2.75) is 32.3 Å². The van der Waals surface area contributed by atoms with E-state index in [1.807, 2.05) is 32.9 Å². The number of aromatic nitrogens is 3. The molecule has 0 radical (unpaired) electrons. The number of anilines is 1. The summed E-state index contributed by atoms with van der Waals surface area (Å²) in [5.74, 6) is 1.08. The molecule has 1 aliphatic heterocycles. The van der Waals surface area contributed by atoms with Crippen LogP contribution in [0.15, 0.2) is 36.4 Å². The summed E-state index contributed by atoms with van der Waals surface area (Å²) < 4.78 is 18.8. The maximum atomic E-state index is 13.3. The lowest BCUT2D eigenvalue weighted by Crippen LogP contribution is -2.50. The number of rotatable bonds is 3. The van der Waals surface area contributed by atoms with E-state index in [9.17, 15) is 9.18 Å². The first kappa shape index (κ1) is 22.2. The fraction of sp³-hybridized carbons (Fsp3) is 0.391. The van der Waals surface area contributed by atoms with E-state index in [0.29, 0.717) is 54.5 Å². The van der Waals surface area contributed by atoms with Crippen LogP contribution in [-0.4, -0.2) is 57.7 Å². The zero-order chi connectivity index (χ0) is 22.9. The lowest BCUT2D eigenvalue weighted by Gasteiger charge is -2.36. The zero-order valence-electron chi connectivity index (χ0n) is 18.3. The Bertz CT molecular complexity index is 1130. The predicted octanol–water partition coefficient (Wildman–Crippen LogP) is 4.63. The van der Waals surface area contributed by atoms with Crippen LogP contribution in [-0.2, 0) is 10.6 Å². The molecule has 4 rings (SSSR count). The molecule has 3 heterocycles. The Labute approximate surface area is 191 Å². The van der Waals surface area contributed by atoms with Gasteiger partial charge in [-0.1, -0.05) is 0 Å². The molecule has 32 heavy (non-hydrogen) atoms. The summed E-state index contributed by atoms with van der Waals surface area (Å²) in [6, 6.07) is 9.92. The van der Waals surface area contributed by atoms with Gasteiger partial charge in [-0.05, 0) is 57.2 Å². The molecule has 1 saturated heterocycles. The van der Waals surface area contributed by atoms with Gasteiger partial charge >= 0.3 is 6.09 Å². The van der Waals surface area contributed by atoms with Gasteiger partial charge in [-0.15, -0.1) is 11.6 Å². The number of hydrogen-bond acceptors (Lipinski definition) is 6. The van der Waals surface area contributed by atoms with Crippen molar-refractivity contribution in [1.82, 2.24) is 19.9 Å². The number of amides is 1. The molecule has 1 aliphatic rings. The first-order chi connectivity index (χ1) is 15.2. The molecule has 2 aromatic heterocycles. The highest BCUT2D eigenvalue weighted by Gasteiger charge is 2.27. The van der Waals surface area contributed by atoms with Gasteiger partial charge in [-0.2, -0.15) is 0 Å². The molecule has 1 fully saturated rings.